The number of nitrogens with two attached hydrogens (primary N) is 1. The quantitative estimate of drug-likeness (QED) is 0.139. The van der Waals surface area contributed by atoms with Crippen LogP contribution in [-0.4, -0.2) is 68.7 Å². The van der Waals surface area contributed by atoms with Crippen molar-refractivity contribution in [3.63, 3.8) is 0 Å². The lowest BCUT2D eigenvalue weighted by atomic mass is 9.85. The number of aromatic nitrogens is 5. The van der Waals surface area contributed by atoms with Gasteiger partial charge in [-0.3, -0.25) is 19.7 Å². The Bertz CT molecular complexity index is 1900. The molecule has 14 heteroatoms. The smallest absolute Gasteiger partial charge is 0.323 e. The lowest BCUT2D eigenvalue weighted by molar-refractivity contribution is -0.522. The van der Waals surface area contributed by atoms with Gasteiger partial charge in [-0.15, -0.1) is 10.2 Å². The highest BCUT2D eigenvalue weighted by atomic mass is 16.7. The van der Waals surface area contributed by atoms with Crippen molar-refractivity contribution in [3.05, 3.63) is 78.0 Å². The highest BCUT2D eigenvalue weighted by molar-refractivity contribution is 5.97. The van der Waals surface area contributed by atoms with E-state index in [1.54, 1.807) is 12.3 Å². The third kappa shape index (κ3) is 9.24. The molecule has 3 aromatic heterocycles. The summed E-state index contributed by atoms with van der Waals surface area (Å²) in [5, 5.41) is 30.1. The van der Waals surface area contributed by atoms with E-state index in [-0.39, 0.29) is 24.5 Å². The number of allylic oxidation sites excluding steroid dienone is 1. The van der Waals surface area contributed by atoms with Crippen LogP contribution in [0.1, 0.15) is 95.4 Å². The van der Waals surface area contributed by atoms with Gasteiger partial charge >= 0.3 is 6.03 Å². The summed E-state index contributed by atoms with van der Waals surface area (Å²) in [5.74, 6) is 2.12. The maximum Gasteiger partial charge on any atom is 0.323 e. The van der Waals surface area contributed by atoms with E-state index >= 15 is 0 Å². The SMILES string of the molecule is CC(C)(C)C(=N)C=C(NC(=O)NC1CCC(Oc2ccc3nnc(N4CCCCC4)n3c2)c2ccccc21)[NH2+]c1cnn(CCOC2CCCCO2)c1. The molecule has 3 atom stereocenters. The van der Waals surface area contributed by atoms with E-state index in [9.17, 15) is 4.79 Å². The summed E-state index contributed by atoms with van der Waals surface area (Å²) < 4.78 is 22.0. The summed E-state index contributed by atoms with van der Waals surface area (Å²) in [6.45, 7) is 9.72. The van der Waals surface area contributed by atoms with Crippen molar-refractivity contribution in [1.29, 1.82) is 5.41 Å². The maximum atomic E-state index is 13.6. The Hall–Kier alpha value is -4.79. The Labute approximate surface area is 310 Å². The average Bonchev–Trinajstić information content (AvgIpc) is 3.79. The molecule has 0 radical (unpaired) electrons. The van der Waals surface area contributed by atoms with E-state index in [4.69, 9.17) is 19.6 Å². The summed E-state index contributed by atoms with van der Waals surface area (Å²) in [4.78, 5) is 15.9. The zero-order chi connectivity index (χ0) is 36.8. The van der Waals surface area contributed by atoms with Crippen LogP contribution in [0.3, 0.4) is 0 Å². The molecule has 14 nitrogen and oxygen atoms in total. The van der Waals surface area contributed by atoms with E-state index in [1.165, 1.54) is 6.42 Å². The molecule has 2 saturated heterocycles. The number of benzene rings is 1. The molecule has 1 aromatic carbocycles. The Morgan fingerprint density at radius 2 is 1.85 bits per heavy atom. The number of amides is 2. The lowest BCUT2D eigenvalue weighted by Crippen LogP contribution is -2.79. The van der Waals surface area contributed by atoms with Gasteiger partial charge in [0.25, 0.3) is 0 Å². The predicted molar refractivity (Wildman–Crippen MR) is 201 cm³/mol. The molecule has 0 spiro atoms. The van der Waals surface area contributed by atoms with Crippen LogP contribution in [0, 0.1) is 10.8 Å². The Kier molecular flexibility index (Phi) is 11.4. The number of nitrogens with one attached hydrogen (secondary N) is 3. The normalized spacial score (nSPS) is 20.9. The van der Waals surface area contributed by atoms with Crippen molar-refractivity contribution >= 4 is 29.0 Å². The van der Waals surface area contributed by atoms with Crippen molar-refractivity contribution in [3.8, 4) is 5.75 Å². The van der Waals surface area contributed by atoms with Crippen molar-refractivity contribution in [2.24, 2.45) is 5.41 Å². The van der Waals surface area contributed by atoms with Crippen LogP contribution in [-0.2, 0) is 16.0 Å². The number of fused-ring (bicyclic) bond motifs is 2. The molecule has 5 heterocycles. The minimum atomic E-state index is -0.398. The molecule has 2 amide bonds. The van der Waals surface area contributed by atoms with E-state index in [0.29, 0.717) is 31.1 Å². The first kappa shape index (κ1) is 36.6. The third-order valence-electron chi connectivity index (χ3n) is 10.1. The number of rotatable bonds is 12. The molecule has 0 saturated carbocycles. The molecule has 7 rings (SSSR count). The molecular weight excluding hydrogens is 672 g/mol. The predicted octanol–water partition coefficient (Wildman–Crippen LogP) is 5.52. The van der Waals surface area contributed by atoms with Gasteiger partial charge in [-0.05, 0) is 74.6 Å². The van der Waals surface area contributed by atoms with Gasteiger partial charge in [-0.25, -0.2) is 4.79 Å². The van der Waals surface area contributed by atoms with Gasteiger partial charge in [0.2, 0.25) is 11.8 Å². The Morgan fingerprint density at radius 1 is 1.02 bits per heavy atom. The van der Waals surface area contributed by atoms with Crippen LogP contribution >= 0.6 is 0 Å². The second-order valence-electron chi connectivity index (χ2n) is 15.2. The lowest BCUT2D eigenvalue weighted by Gasteiger charge is -2.32. The molecule has 4 aromatic rings. The van der Waals surface area contributed by atoms with Gasteiger partial charge < -0.3 is 29.8 Å². The molecule has 2 aliphatic heterocycles. The van der Waals surface area contributed by atoms with Crippen molar-refractivity contribution < 1.29 is 24.3 Å². The van der Waals surface area contributed by atoms with Gasteiger partial charge in [-0.2, -0.15) is 5.10 Å². The molecule has 3 aliphatic rings. The molecule has 282 valence electrons. The first-order valence-electron chi connectivity index (χ1n) is 19.0. The standard InChI is InChI=1S/C39H52N10O4/c1-39(2,3)33(40)23-34(42-27-24-41-48(25-27)20-22-52-36-13-7-10-21-51-36)44-37(50)43-31-15-16-32(30-12-6-5-11-29(30)31)53-28-14-17-35-45-46-38(49(35)26-28)47-18-8-4-9-19-47/h5-6,11-12,14,17,23-26,31-32,36,40,42H,4,7-10,13,15-16,18-22H2,1-3H3,(H2,43,44,50)/p+1. The van der Waals surface area contributed by atoms with Crippen LogP contribution in [0.5, 0.6) is 5.75 Å². The minimum Gasteiger partial charge on any atom is -0.484 e. The summed E-state index contributed by atoms with van der Waals surface area (Å²) >= 11 is 0. The van der Waals surface area contributed by atoms with Crippen molar-refractivity contribution in [2.45, 2.75) is 97.1 Å². The fourth-order valence-corrected chi connectivity index (χ4v) is 7.11. The monoisotopic (exact) mass is 725 g/mol. The highest BCUT2D eigenvalue weighted by Crippen LogP contribution is 2.39. The number of hydrogen-bond acceptors (Lipinski definition) is 9. The summed E-state index contributed by atoms with van der Waals surface area (Å²) in [7, 11) is 0. The second kappa shape index (κ2) is 16.5. The zero-order valence-electron chi connectivity index (χ0n) is 31.1. The number of piperidine rings is 1. The fourth-order valence-electron chi connectivity index (χ4n) is 7.11. The summed E-state index contributed by atoms with van der Waals surface area (Å²) in [6.07, 6.45) is 15.2. The maximum absolute atomic E-state index is 13.6. The molecule has 5 N–H and O–H groups in total. The molecule has 53 heavy (non-hydrogen) atoms. The van der Waals surface area contributed by atoms with Gasteiger partial charge in [-0.1, -0.05) is 45.0 Å². The number of hydrogen-bond donors (Lipinski definition) is 4. The Morgan fingerprint density at radius 3 is 2.64 bits per heavy atom. The van der Waals surface area contributed by atoms with Crippen molar-refractivity contribution in [1.82, 2.24) is 35.0 Å². The largest absolute Gasteiger partial charge is 0.484 e. The molecule has 0 bridgehead atoms. The Balaban J connectivity index is 1.00. The number of quaternary nitrogens is 1. The van der Waals surface area contributed by atoms with E-state index in [1.807, 2.05) is 71.8 Å². The van der Waals surface area contributed by atoms with E-state index < -0.39 is 5.41 Å². The number of anilines is 1. The van der Waals surface area contributed by atoms with Crippen LogP contribution in [0.15, 0.2) is 66.9 Å². The van der Waals surface area contributed by atoms with Crippen LogP contribution < -0.4 is 25.6 Å². The number of urea groups is 1. The van der Waals surface area contributed by atoms with Gasteiger partial charge in [0, 0.05) is 36.9 Å². The van der Waals surface area contributed by atoms with Crippen LogP contribution in [0.25, 0.3) is 5.65 Å². The number of nitrogens with zero attached hydrogens (tertiary/aromatic N) is 6. The number of pyridine rings is 1. The average molecular weight is 726 g/mol. The number of carbonyl (C=O) groups excluding carboxylic acids is 1. The minimum absolute atomic E-state index is 0.145. The van der Waals surface area contributed by atoms with Crippen LogP contribution in [0.4, 0.5) is 16.4 Å². The molecule has 3 unspecified atom stereocenters. The number of carbonyl (C=O) groups is 1. The topological polar surface area (TPSA) is 161 Å². The van der Waals surface area contributed by atoms with Gasteiger partial charge in [0.1, 0.15) is 18.1 Å². The highest BCUT2D eigenvalue weighted by Gasteiger charge is 2.30. The van der Waals surface area contributed by atoms with Gasteiger partial charge in [0.15, 0.2) is 17.6 Å². The molecular formula is C39H53N10O4+. The number of ether oxygens (including phenoxy) is 3. The summed E-state index contributed by atoms with van der Waals surface area (Å²) in [6, 6.07) is 11.5. The zero-order valence-corrected chi connectivity index (χ0v) is 31.1. The van der Waals surface area contributed by atoms with E-state index in [2.05, 4.69) is 43.0 Å². The summed E-state index contributed by atoms with van der Waals surface area (Å²) in [5.41, 5.74) is 3.68. The van der Waals surface area contributed by atoms with E-state index in [0.717, 1.165) is 92.4 Å². The fraction of sp³-hybridized carbons (Fsp3) is 0.513. The van der Waals surface area contributed by atoms with Crippen LogP contribution in [0.2, 0.25) is 0 Å². The van der Waals surface area contributed by atoms with Gasteiger partial charge in [0.05, 0.1) is 31.6 Å². The second-order valence-corrected chi connectivity index (χ2v) is 15.2. The molecule has 1 aliphatic carbocycles. The third-order valence-corrected chi connectivity index (χ3v) is 10.1. The molecule has 2 fully saturated rings. The first-order chi connectivity index (χ1) is 25.7. The first-order valence-corrected chi connectivity index (χ1v) is 19.0. The van der Waals surface area contributed by atoms with Crippen molar-refractivity contribution in [2.75, 3.05) is 31.2 Å².